The Kier molecular flexibility index (Phi) is 10.8. The quantitative estimate of drug-likeness (QED) is 0.437. The molecule has 36 heavy (non-hydrogen) atoms. The highest BCUT2D eigenvalue weighted by molar-refractivity contribution is 7.92. The van der Waals surface area contributed by atoms with Crippen molar-refractivity contribution in [1.82, 2.24) is 10.2 Å². The molecule has 2 atom stereocenters. The van der Waals surface area contributed by atoms with E-state index in [4.69, 9.17) is 4.74 Å². The highest BCUT2D eigenvalue weighted by atomic mass is 32.2. The molecule has 0 saturated heterocycles. The minimum Gasteiger partial charge on any atom is -0.497 e. The number of amides is 2. The van der Waals surface area contributed by atoms with Crippen LogP contribution >= 0.6 is 0 Å². The molecule has 0 aromatic heterocycles. The molecule has 2 unspecified atom stereocenters. The van der Waals surface area contributed by atoms with Crippen LogP contribution in [-0.2, 0) is 32.6 Å². The Labute approximate surface area is 215 Å². The van der Waals surface area contributed by atoms with Gasteiger partial charge in [0.25, 0.3) is 0 Å². The van der Waals surface area contributed by atoms with Crippen LogP contribution in [0, 0.1) is 0 Å². The second kappa shape index (κ2) is 13.3. The maximum absolute atomic E-state index is 13.7. The molecule has 0 bridgehead atoms. The van der Waals surface area contributed by atoms with Crippen molar-refractivity contribution >= 4 is 27.5 Å². The van der Waals surface area contributed by atoms with E-state index in [9.17, 15) is 18.0 Å². The third-order valence-electron chi connectivity index (χ3n) is 6.19. The van der Waals surface area contributed by atoms with Crippen LogP contribution in [0.3, 0.4) is 0 Å². The van der Waals surface area contributed by atoms with Crippen LogP contribution in [0.15, 0.2) is 48.5 Å². The topological polar surface area (TPSA) is 96.0 Å². The van der Waals surface area contributed by atoms with Crippen LogP contribution in [0.4, 0.5) is 5.69 Å². The zero-order valence-electron chi connectivity index (χ0n) is 22.2. The van der Waals surface area contributed by atoms with Crippen molar-refractivity contribution in [1.29, 1.82) is 0 Å². The number of hydrogen-bond donors (Lipinski definition) is 1. The number of hydrogen-bond acceptors (Lipinski definition) is 5. The van der Waals surface area contributed by atoms with Gasteiger partial charge in [0, 0.05) is 12.6 Å². The fraction of sp³-hybridized carbons (Fsp3) is 0.481. The minimum atomic E-state index is -3.76. The molecule has 0 spiro atoms. The van der Waals surface area contributed by atoms with Crippen LogP contribution in [0.5, 0.6) is 5.75 Å². The van der Waals surface area contributed by atoms with Crippen molar-refractivity contribution in [2.45, 2.75) is 65.6 Å². The van der Waals surface area contributed by atoms with E-state index in [1.54, 1.807) is 31.4 Å². The summed E-state index contributed by atoms with van der Waals surface area (Å²) in [6, 6.07) is 13.5. The number of ether oxygens (including phenoxy) is 1. The van der Waals surface area contributed by atoms with Crippen LogP contribution < -0.4 is 14.4 Å². The Morgan fingerprint density at radius 3 is 2.19 bits per heavy atom. The molecule has 1 N–H and O–H groups in total. The lowest BCUT2D eigenvalue weighted by Crippen LogP contribution is -2.53. The predicted octanol–water partition coefficient (Wildman–Crippen LogP) is 3.75. The summed E-state index contributed by atoms with van der Waals surface area (Å²) in [5.74, 6) is -0.0963. The van der Waals surface area contributed by atoms with Gasteiger partial charge in [-0.25, -0.2) is 8.42 Å². The molecule has 0 radical (unpaired) electrons. The maximum atomic E-state index is 13.7. The SMILES string of the molecule is CCc1ccc(N(CC(=O)N(Cc2cccc(OC)c2)C(CC)C(=O)NC(C)CC)S(C)(=O)=O)cc1. The number of rotatable bonds is 13. The molecule has 0 aliphatic carbocycles. The molecule has 2 aromatic rings. The number of anilines is 1. The molecule has 8 nitrogen and oxygen atoms in total. The van der Waals surface area contributed by atoms with Gasteiger partial charge in [0.2, 0.25) is 21.8 Å². The molecular weight excluding hydrogens is 478 g/mol. The van der Waals surface area contributed by atoms with E-state index >= 15 is 0 Å². The van der Waals surface area contributed by atoms with Gasteiger partial charge in [-0.05, 0) is 61.6 Å². The third-order valence-corrected chi connectivity index (χ3v) is 7.33. The standard InChI is InChI=1S/C27H39N3O5S/c1-7-20(4)28-27(32)25(9-3)29(18-22-11-10-12-24(17-22)35-5)26(31)19-30(36(6,33)34)23-15-13-21(8-2)14-16-23/h10-17,20,25H,7-9,18-19H2,1-6H3,(H,28,32). The maximum Gasteiger partial charge on any atom is 0.244 e. The summed E-state index contributed by atoms with van der Waals surface area (Å²) < 4.78 is 31.8. The highest BCUT2D eigenvalue weighted by Crippen LogP contribution is 2.22. The lowest BCUT2D eigenvalue weighted by atomic mass is 10.1. The zero-order chi connectivity index (χ0) is 26.9. The number of aryl methyl sites for hydroxylation is 1. The average molecular weight is 518 g/mol. The van der Waals surface area contributed by atoms with E-state index in [2.05, 4.69) is 5.32 Å². The molecule has 0 aliphatic rings. The molecule has 2 amide bonds. The van der Waals surface area contributed by atoms with E-state index in [1.165, 1.54) is 4.90 Å². The monoisotopic (exact) mass is 517 g/mol. The van der Waals surface area contributed by atoms with E-state index in [-0.39, 0.29) is 18.5 Å². The van der Waals surface area contributed by atoms with Gasteiger partial charge >= 0.3 is 0 Å². The molecule has 0 heterocycles. The van der Waals surface area contributed by atoms with Crippen LogP contribution in [0.2, 0.25) is 0 Å². The summed E-state index contributed by atoms with van der Waals surface area (Å²) in [5, 5.41) is 2.96. The second-order valence-corrected chi connectivity index (χ2v) is 10.8. The first-order valence-electron chi connectivity index (χ1n) is 12.3. The Morgan fingerprint density at radius 1 is 1.00 bits per heavy atom. The fourth-order valence-corrected chi connectivity index (χ4v) is 4.69. The number of nitrogens with zero attached hydrogens (tertiary/aromatic N) is 2. The largest absolute Gasteiger partial charge is 0.497 e. The van der Waals surface area contributed by atoms with Crippen molar-refractivity contribution in [3.8, 4) is 5.75 Å². The predicted molar refractivity (Wildman–Crippen MR) is 144 cm³/mol. The van der Waals surface area contributed by atoms with Gasteiger partial charge in [0.1, 0.15) is 18.3 Å². The highest BCUT2D eigenvalue weighted by Gasteiger charge is 2.32. The smallest absolute Gasteiger partial charge is 0.244 e. The lowest BCUT2D eigenvalue weighted by Gasteiger charge is -2.33. The Bertz CT molecular complexity index is 1120. The van der Waals surface area contributed by atoms with Crippen LogP contribution in [-0.4, -0.2) is 57.1 Å². The van der Waals surface area contributed by atoms with Crippen LogP contribution in [0.25, 0.3) is 0 Å². The van der Waals surface area contributed by atoms with Gasteiger partial charge in [-0.1, -0.05) is 45.0 Å². The molecule has 198 valence electrons. The summed E-state index contributed by atoms with van der Waals surface area (Å²) in [7, 11) is -2.20. The van der Waals surface area contributed by atoms with Gasteiger partial charge in [0.05, 0.1) is 19.1 Å². The third kappa shape index (κ3) is 7.98. The van der Waals surface area contributed by atoms with Gasteiger partial charge in [0.15, 0.2) is 0 Å². The number of methoxy groups -OCH3 is 1. The molecular formula is C27H39N3O5S. The summed E-state index contributed by atoms with van der Waals surface area (Å²) in [6.07, 6.45) is 3.02. The lowest BCUT2D eigenvalue weighted by molar-refractivity contribution is -0.140. The molecule has 0 aliphatic heterocycles. The van der Waals surface area contributed by atoms with Gasteiger partial charge < -0.3 is 15.0 Å². The Hall–Kier alpha value is -3.07. The summed E-state index contributed by atoms with van der Waals surface area (Å²) in [4.78, 5) is 28.4. The molecule has 9 heteroatoms. The second-order valence-electron chi connectivity index (χ2n) is 8.90. The van der Waals surface area contributed by atoms with Crippen molar-refractivity contribution in [2.75, 3.05) is 24.2 Å². The minimum absolute atomic E-state index is 0.0510. The number of carbonyl (C=O) groups excluding carboxylic acids is 2. The average Bonchev–Trinajstić information content (AvgIpc) is 2.86. The number of carbonyl (C=O) groups is 2. The molecule has 2 aromatic carbocycles. The molecule has 2 rings (SSSR count). The van der Waals surface area contributed by atoms with E-state index in [0.717, 1.165) is 34.5 Å². The van der Waals surface area contributed by atoms with Crippen molar-refractivity contribution in [3.05, 3.63) is 59.7 Å². The van der Waals surface area contributed by atoms with Crippen molar-refractivity contribution in [3.63, 3.8) is 0 Å². The summed E-state index contributed by atoms with van der Waals surface area (Å²) in [6.45, 7) is 7.45. The zero-order valence-corrected chi connectivity index (χ0v) is 23.0. The Morgan fingerprint density at radius 2 is 1.67 bits per heavy atom. The first-order valence-corrected chi connectivity index (χ1v) is 14.2. The van der Waals surface area contributed by atoms with Gasteiger partial charge in [-0.2, -0.15) is 0 Å². The summed E-state index contributed by atoms with van der Waals surface area (Å²) in [5.41, 5.74) is 2.24. The fourth-order valence-electron chi connectivity index (χ4n) is 3.84. The number of sulfonamides is 1. The first kappa shape index (κ1) is 29.2. The van der Waals surface area contributed by atoms with E-state index < -0.39 is 28.5 Å². The first-order chi connectivity index (χ1) is 17.0. The van der Waals surface area contributed by atoms with E-state index in [0.29, 0.717) is 17.9 Å². The normalized spacial score (nSPS) is 12.9. The Balaban J connectivity index is 2.44. The summed E-state index contributed by atoms with van der Waals surface area (Å²) >= 11 is 0. The molecule has 0 saturated carbocycles. The number of nitrogens with one attached hydrogen (secondary N) is 1. The number of benzene rings is 2. The van der Waals surface area contributed by atoms with Gasteiger partial charge in [-0.15, -0.1) is 0 Å². The van der Waals surface area contributed by atoms with Crippen molar-refractivity contribution < 1.29 is 22.7 Å². The van der Waals surface area contributed by atoms with Gasteiger partial charge in [-0.3, -0.25) is 13.9 Å². The molecule has 0 fully saturated rings. The van der Waals surface area contributed by atoms with Crippen LogP contribution in [0.1, 0.15) is 51.7 Å². The van der Waals surface area contributed by atoms with Crippen molar-refractivity contribution in [2.24, 2.45) is 0 Å². The van der Waals surface area contributed by atoms with E-state index in [1.807, 2.05) is 52.0 Å².